The Hall–Kier alpha value is -0.740. The minimum atomic E-state index is -0.855. The van der Waals surface area contributed by atoms with Crippen molar-refractivity contribution in [3.05, 3.63) is 30.1 Å². The van der Waals surface area contributed by atoms with E-state index in [-0.39, 0.29) is 5.54 Å². The van der Waals surface area contributed by atoms with Crippen molar-refractivity contribution < 1.29 is 4.21 Å². The average Bonchev–Trinajstić information content (AvgIpc) is 2.14. The van der Waals surface area contributed by atoms with E-state index < -0.39 is 10.8 Å². The maximum atomic E-state index is 11.6. The molecule has 1 rings (SSSR count). The van der Waals surface area contributed by atoms with Crippen molar-refractivity contribution in [3.8, 4) is 0 Å². The summed E-state index contributed by atoms with van der Waals surface area (Å²) in [6, 6.07) is 5.77. The fourth-order valence-corrected chi connectivity index (χ4v) is 2.66. The maximum Gasteiger partial charge on any atom is 0.0412 e. The Morgan fingerprint density at radius 1 is 1.47 bits per heavy atom. The summed E-state index contributed by atoms with van der Waals surface area (Å²) in [5.41, 5.74) is 6.43. The normalized spacial score (nSPS) is 13.8. The predicted molar refractivity (Wildman–Crippen MR) is 64.1 cm³/mol. The first-order valence-corrected chi connectivity index (χ1v) is 6.50. The summed E-state index contributed by atoms with van der Waals surface area (Å²) in [6.07, 6.45) is 2.51. The van der Waals surface area contributed by atoms with Crippen LogP contribution in [0.4, 0.5) is 0 Å². The van der Waals surface area contributed by atoms with Crippen molar-refractivity contribution in [1.29, 1.82) is 0 Å². The number of rotatable bonds is 5. The topological polar surface area (TPSA) is 56.0 Å². The highest BCUT2D eigenvalue weighted by Gasteiger charge is 2.14. The fourth-order valence-electron chi connectivity index (χ4n) is 1.25. The predicted octanol–water partition coefficient (Wildman–Crippen LogP) is 1.11. The van der Waals surface area contributed by atoms with Gasteiger partial charge in [0.05, 0.1) is 0 Å². The van der Waals surface area contributed by atoms with Gasteiger partial charge >= 0.3 is 0 Å². The summed E-state index contributed by atoms with van der Waals surface area (Å²) in [5.74, 6) is 1.18. The molecule has 0 saturated heterocycles. The molecule has 0 aliphatic rings. The highest BCUT2D eigenvalue weighted by Crippen LogP contribution is 2.02. The first-order chi connectivity index (χ1) is 6.97. The van der Waals surface area contributed by atoms with Gasteiger partial charge in [-0.2, -0.15) is 0 Å². The van der Waals surface area contributed by atoms with Crippen LogP contribution < -0.4 is 5.73 Å². The number of nitrogens with two attached hydrogens (primary N) is 1. The second-order valence-corrected chi connectivity index (χ2v) is 5.92. The van der Waals surface area contributed by atoms with E-state index in [4.69, 9.17) is 5.73 Å². The molecule has 2 N–H and O–H groups in total. The van der Waals surface area contributed by atoms with Gasteiger partial charge in [0.25, 0.3) is 0 Å². The van der Waals surface area contributed by atoms with Crippen LogP contribution in [0.3, 0.4) is 0 Å². The maximum absolute atomic E-state index is 11.6. The second-order valence-electron chi connectivity index (χ2n) is 4.35. The molecule has 0 bridgehead atoms. The molecule has 0 fully saturated rings. The molecule has 0 aliphatic heterocycles. The van der Waals surface area contributed by atoms with Crippen LogP contribution in [0.5, 0.6) is 0 Å². The third-order valence-corrected chi connectivity index (χ3v) is 3.57. The Morgan fingerprint density at radius 3 is 2.73 bits per heavy atom. The van der Waals surface area contributed by atoms with Crippen LogP contribution in [0, 0.1) is 0 Å². The zero-order valence-corrected chi connectivity index (χ0v) is 10.1. The van der Waals surface area contributed by atoms with Crippen molar-refractivity contribution in [2.45, 2.75) is 25.8 Å². The van der Waals surface area contributed by atoms with E-state index in [1.807, 2.05) is 32.0 Å². The van der Waals surface area contributed by atoms with Gasteiger partial charge in [0.1, 0.15) is 0 Å². The average molecular weight is 226 g/mol. The first-order valence-electron chi connectivity index (χ1n) is 5.01. The van der Waals surface area contributed by atoms with Crippen LogP contribution in [-0.2, 0) is 17.2 Å². The number of pyridine rings is 1. The molecule has 1 aromatic rings. The Morgan fingerprint density at radius 2 is 2.20 bits per heavy atom. The standard InChI is InChI=1S/C11H18N2OS/c1-11(2,12)9-15(14)8-6-10-5-3-4-7-13-10/h3-5,7H,6,8-9,12H2,1-2H3. The summed E-state index contributed by atoms with van der Waals surface area (Å²) in [6.45, 7) is 3.79. The molecule has 0 saturated carbocycles. The van der Waals surface area contributed by atoms with Gasteiger partial charge in [0.2, 0.25) is 0 Å². The van der Waals surface area contributed by atoms with Crippen LogP contribution in [-0.4, -0.2) is 26.2 Å². The third kappa shape index (κ3) is 5.64. The summed E-state index contributed by atoms with van der Waals surface area (Å²) < 4.78 is 11.6. The summed E-state index contributed by atoms with van der Waals surface area (Å²) in [7, 11) is -0.855. The molecule has 0 aromatic carbocycles. The van der Waals surface area contributed by atoms with Crippen molar-refractivity contribution in [2.75, 3.05) is 11.5 Å². The van der Waals surface area contributed by atoms with Gasteiger partial charge < -0.3 is 5.73 Å². The van der Waals surface area contributed by atoms with E-state index >= 15 is 0 Å². The molecule has 1 unspecified atom stereocenters. The van der Waals surface area contributed by atoms with Gasteiger partial charge in [-0.05, 0) is 26.0 Å². The lowest BCUT2D eigenvalue weighted by molar-refractivity contribution is 0.577. The van der Waals surface area contributed by atoms with E-state index in [1.165, 1.54) is 0 Å². The Bertz CT molecular complexity index is 319. The highest BCUT2D eigenvalue weighted by molar-refractivity contribution is 7.85. The largest absolute Gasteiger partial charge is 0.325 e. The van der Waals surface area contributed by atoms with E-state index in [1.54, 1.807) is 6.20 Å². The van der Waals surface area contributed by atoms with Crippen LogP contribution in [0.25, 0.3) is 0 Å². The van der Waals surface area contributed by atoms with E-state index in [0.29, 0.717) is 11.5 Å². The Balaban J connectivity index is 2.35. The quantitative estimate of drug-likeness (QED) is 0.818. The monoisotopic (exact) mass is 226 g/mol. The molecule has 0 amide bonds. The number of aromatic nitrogens is 1. The van der Waals surface area contributed by atoms with Gasteiger partial charge in [-0.25, -0.2) is 0 Å². The zero-order valence-electron chi connectivity index (χ0n) is 9.27. The summed E-state index contributed by atoms with van der Waals surface area (Å²) in [4.78, 5) is 4.18. The van der Waals surface area contributed by atoms with Gasteiger partial charge in [-0.1, -0.05) is 6.07 Å². The highest BCUT2D eigenvalue weighted by atomic mass is 32.2. The van der Waals surface area contributed by atoms with Crippen molar-refractivity contribution in [3.63, 3.8) is 0 Å². The lowest BCUT2D eigenvalue weighted by Crippen LogP contribution is -2.38. The first kappa shape index (κ1) is 12.3. The molecule has 0 spiro atoms. The van der Waals surface area contributed by atoms with Crippen molar-refractivity contribution >= 4 is 10.8 Å². The third-order valence-electron chi connectivity index (χ3n) is 1.85. The smallest absolute Gasteiger partial charge is 0.0412 e. The second kappa shape index (κ2) is 5.37. The molecule has 1 heterocycles. The number of hydrogen-bond acceptors (Lipinski definition) is 3. The molecular weight excluding hydrogens is 208 g/mol. The SMILES string of the molecule is CC(C)(N)CS(=O)CCc1ccccn1. The van der Waals surface area contributed by atoms with E-state index in [0.717, 1.165) is 12.1 Å². The fraction of sp³-hybridized carbons (Fsp3) is 0.545. The number of aryl methyl sites for hydroxylation is 1. The number of hydrogen-bond donors (Lipinski definition) is 1. The van der Waals surface area contributed by atoms with Gasteiger partial charge in [-0.3, -0.25) is 9.19 Å². The van der Waals surface area contributed by atoms with Crippen molar-refractivity contribution in [2.24, 2.45) is 5.73 Å². The molecule has 0 radical (unpaired) electrons. The molecular formula is C11H18N2OS. The molecule has 15 heavy (non-hydrogen) atoms. The van der Waals surface area contributed by atoms with E-state index in [2.05, 4.69) is 4.98 Å². The van der Waals surface area contributed by atoms with Crippen LogP contribution in [0.15, 0.2) is 24.4 Å². The van der Waals surface area contributed by atoms with Gasteiger partial charge in [-0.15, -0.1) is 0 Å². The molecule has 3 nitrogen and oxygen atoms in total. The van der Waals surface area contributed by atoms with Crippen LogP contribution in [0.1, 0.15) is 19.5 Å². The van der Waals surface area contributed by atoms with Gasteiger partial charge in [0.15, 0.2) is 0 Å². The minimum absolute atomic E-state index is 0.352. The summed E-state index contributed by atoms with van der Waals surface area (Å²) in [5, 5.41) is 0. The Labute approximate surface area is 93.6 Å². The van der Waals surface area contributed by atoms with Crippen molar-refractivity contribution in [1.82, 2.24) is 4.98 Å². The van der Waals surface area contributed by atoms with Gasteiger partial charge in [0, 0.05) is 46.2 Å². The Kier molecular flexibility index (Phi) is 4.42. The van der Waals surface area contributed by atoms with Crippen LogP contribution >= 0.6 is 0 Å². The van der Waals surface area contributed by atoms with Crippen LogP contribution in [0.2, 0.25) is 0 Å². The molecule has 4 heteroatoms. The molecule has 1 atom stereocenters. The minimum Gasteiger partial charge on any atom is -0.325 e. The lowest BCUT2D eigenvalue weighted by Gasteiger charge is -2.17. The van der Waals surface area contributed by atoms with E-state index in [9.17, 15) is 4.21 Å². The molecule has 0 aliphatic carbocycles. The molecule has 84 valence electrons. The number of nitrogens with zero attached hydrogens (tertiary/aromatic N) is 1. The molecule has 1 aromatic heterocycles. The zero-order chi connectivity index (χ0) is 11.3. The lowest BCUT2D eigenvalue weighted by atomic mass is 10.1. The summed E-state index contributed by atoms with van der Waals surface area (Å²) >= 11 is 0.